The monoisotopic (exact) mass is 498 g/mol. The average Bonchev–Trinajstić information content (AvgIpc) is 2.93. The van der Waals surface area contributed by atoms with Crippen LogP contribution in [-0.2, 0) is 12.3 Å². The molecule has 190 valence electrons. The van der Waals surface area contributed by atoms with Crippen molar-refractivity contribution in [3.05, 3.63) is 35.4 Å². The Bertz CT molecular complexity index is 591. The van der Waals surface area contributed by atoms with E-state index in [0.717, 1.165) is 22.6 Å². The van der Waals surface area contributed by atoms with Crippen LogP contribution in [0.1, 0.15) is 140 Å². The molecule has 0 amide bonds. The van der Waals surface area contributed by atoms with Gasteiger partial charge in [-0.05, 0) is 97.5 Å². The third kappa shape index (κ3) is 7.10. The van der Waals surface area contributed by atoms with Crippen LogP contribution in [0.25, 0.3) is 0 Å². The Labute approximate surface area is 214 Å². The first-order chi connectivity index (χ1) is 16.9. The lowest BCUT2D eigenvalue weighted by molar-refractivity contribution is 0.484. The second-order valence-corrected chi connectivity index (χ2v) is 17.9. The van der Waals surface area contributed by atoms with Crippen molar-refractivity contribution in [3.63, 3.8) is 0 Å². The Morgan fingerprint density at radius 2 is 0.618 bits per heavy atom. The molecule has 0 aromatic heterocycles. The van der Waals surface area contributed by atoms with Crippen LogP contribution in [0.5, 0.6) is 0 Å². The van der Waals surface area contributed by atoms with Gasteiger partial charge in [0.25, 0.3) is 0 Å². The third-order valence-corrected chi connectivity index (χ3v) is 17.2. The van der Waals surface area contributed by atoms with Gasteiger partial charge in [-0.25, -0.2) is 0 Å². The van der Waals surface area contributed by atoms with E-state index < -0.39 is 0 Å². The highest BCUT2D eigenvalue weighted by Crippen LogP contribution is 2.59. The fourth-order valence-electron chi connectivity index (χ4n) is 7.94. The molecule has 0 bridgehead atoms. The minimum absolute atomic E-state index is 0.184. The number of hydrogen-bond donors (Lipinski definition) is 0. The van der Waals surface area contributed by atoms with Crippen molar-refractivity contribution in [2.24, 2.45) is 0 Å². The molecule has 0 N–H and O–H groups in total. The van der Waals surface area contributed by atoms with Crippen LogP contribution in [-0.4, -0.2) is 22.6 Å². The molecule has 0 radical (unpaired) electrons. The van der Waals surface area contributed by atoms with Gasteiger partial charge in [0.2, 0.25) is 0 Å². The standard InChI is InChI=1S/C32H52P2/c1-5-13-29(14-6-1)33(30-15-7-2-8-16-30)25-27-21-23-28(24-22-27)26-34(31-17-9-3-10-18-31)32-19-11-4-12-20-32/h21-24,29-32H,1-20,25-26H2. The summed E-state index contributed by atoms with van der Waals surface area (Å²) in [6.45, 7) is 0. The molecule has 4 aliphatic carbocycles. The second kappa shape index (κ2) is 13.6. The highest BCUT2D eigenvalue weighted by molar-refractivity contribution is 7.58. The Morgan fingerprint density at radius 3 is 0.853 bits per heavy atom. The summed E-state index contributed by atoms with van der Waals surface area (Å²) in [4.78, 5) is 0. The van der Waals surface area contributed by atoms with Crippen molar-refractivity contribution < 1.29 is 0 Å². The van der Waals surface area contributed by atoms with E-state index in [1.165, 1.54) is 89.4 Å². The zero-order chi connectivity index (χ0) is 23.0. The molecule has 5 rings (SSSR count). The summed E-state index contributed by atoms with van der Waals surface area (Å²) < 4.78 is 0. The van der Waals surface area contributed by atoms with E-state index in [2.05, 4.69) is 24.3 Å². The Hall–Kier alpha value is 0.0800. The lowest BCUT2D eigenvalue weighted by Gasteiger charge is -2.39. The van der Waals surface area contributed by atoms with Crippen LogP contribution in [0.2, 0.25) is 0 Å². The minimum atomic E-state index is 0.184. The maximum atomic E-state index is 2.59. The van der Waals surface area contributed by atoms with Crippen molar-refractivity contribution in [2.45, 2.75) is 163 Å². The van der Waals surface area contributed by atoms with Crippen LogP contribution in [0.15, 0.2) is 24.3 Å². The van der Waals surface area contributed by atoms with Crippen molar-refractivity contribution in [1.29, 1.82) is 0 Å². The third-order valence-electron chi connectivity index (χ3n) is 9.93. The molecule has 4 saturated carbocycles. The van der Waals surface area contributed by atoms with E-state index >= 15 is 0 Å². The van der Waals surface area contributed by atoms with Crippen LogP contribution >= 0.6 is 15.8 Å². The molecule has 4 fully saturated rings. The SMILES string of the molecule is c1cc(CP(C2CCCCC2)C2CCCCC2)ccc1CP(C1CCCCC1)C1CCCCC1. The quantitative estimate of drug-likeness (QED) is 0.313. The summed E-state index contributed by atoms with van der Waals surface area (Å²) in [7, 11) is 0.368. The molecule has 0 atom stereocenters. The molecule has 1 aromatic rings. The molecule has 34 heavy (non-hydrogen) atoms. The molecular formula is C32H52P2. The Balaban J connectivity index is 1.25. The summed E-state index contributed by atoms with van der Waals surface area (Å²) in [5.41, 5.74) is 7.69. The smallest absolute Gasteiger partial charge is 0.00681 e. The second-order valence-electron chi connectivity index (χ2n) is 12.3. The molecule has 0 nitrogen and oxygen atoms in total. The largest absolute Gasteiger partial charge is 0.0958 e. The highest BCUT2D eigenvalue weighted by Gasteiger charge is 2.32. The average molecular weight is 499 g/mol. The normalized spacial score (nSPS) is 24.8. The first kappa shape index (κ1) is 25.7. The highest BCUT2D eigenvalue weighted by atomic mass is 31.1. The van der Waals surface area contributed by atoms with E-state index in [9.17, 15) is 0 Å². The van der Waals surface area contributed by atoms with Crippen molar-refractivity contribution in [3.8, 4) is 0 Å². The first-order valence-electron chi connectivity index (χ1n) is 15.5. The van der Waals surface area contributed by atoms with Gasteiger partial charge in [0.15, 0.2) is 0 Å². The van der Waals surface area contributed by atoms with Crippen LogP contribution in [0.4, 0.5) is 0 Å². The minimum Gasteiger partial charge on any atom is -0.0958 e. The van der Waals surface area contributed by atoms with Crippen LogP contribution < -0.4 is 0 Å². The lowest BCUT2D eigenvalue weighted by atomic mass is 9.99. The zero-order valence-electron chi connectivity index (χ0n) is 22.1. The fraction of sp³-hybridized carbons (Fsp3) is 0.812. The van der Waals surface area contributed by atoms with Gasteiger partial charge in [0.1, 0.15) is 0 Å². The van der Waals surface area contributed by atoms with Gasteiger partial charge in [-0.15, -0.1) is 0 Å². The Kier molecular flexibility index (Phi) is 10.3. The number of rotatable bonds is 8. The molecule has 1 aromatic carbocycles. The number of hydrogen-bond acceptors (Lipinski definition) is 0. The predicted octanol–water partition coefficient (Wildman–Crippen LogP) is 11.0. The van der Waals surface area contributed by atoms with E-state index in [1.54, 1.807) is 62.5 Å². The van der Waals surface area contributed by atoms with Crippen LogP contribution in [0, 0.1) is 0 Å². The molecule has 0 heterocycles. The van der Waals surface area contributed by atoms with E-state index in [0.29, 0.717) is 0 Å². The topological polar surface area (TPSA) is 0 Å². The molecule has 2 heteroatoms. The van der Waals surface area contributed by atoms with Gasteiger partial charge in [-0.1, -0.05) is 117 Å². The summed E-state index contributed by atoms with van der Waals surface area (Å²) >= 11 is 0. The van der Waals surface area contributed by atoms with Gasteiger partial charge >= 0.3 is 0 Å². The summed E-state index contributed by atoms with van der Waals surface area (Å²) in [5, 5.41) is 0. The maximum Gasteiger partial charge on any atom is -0.00681 e. The fourth-order valence-corrected chi connectivity index (χ4v) is 15.5. The van der Waals surface area contributed by atoms with Gasteiger partial charge in [-0.3, -0.25) is 0 Å². The molecular weight excluding hydrogens is 446 g/mol. The Morgan fingerprint density at radius 1 is 0.382 bits per heavy atom. The summed E-state index contributed by atoms with van der Waals surface area (Å²) in [5.74, 6) is 0. The zero-order valence-corrected chi connectivity index (χ0v) is 23.9. The van der Waals surface area contributed by atoms with Crippen LogP contribution in [0.3, 0.4) is 0 Å². The van der Waals surface area contributed by atoms with E-state index in [-0.39, 0.29) is 15.8 Å². The lowest BCUT2D eigenvalue weighted by Crippen LogP contribution is -2.21. The molecule has 0 spiro atoms. The summed E-state index contributed by atoms with van der Waals surface area (Å²) in [6, 6.07) is 10.4. The van der Waals surface area contributed by atoms with E-state index in [1.807, 2.05) is 0 Å². The van der Waals surface area contributed by atoms with Crippen molar-refractivity contribution in [2.75, 3.05) is 0 Å². The van der Waals surface area contributed by atoms with Gasteiger partial charge < -0.3 is 0 Å². The molecule has 4 aliphatic rings. The predicted molar refractivity (Wildman–Crippen MR) is 155 cm³/mol. The van der Waals surface area contributed by atoms with Crippen molar-refractivity contribution >= 4 is 15.8 Å². The molecule has 0 aliphatic heterocycles. The maximum absolute atomic E-state index is 2.59. The van der Waals surface area contributed by atoms with E-state index in [4.69, 9.17) is 0 Å². The van der Waals surface area contributed by atoms with Gasteiger partial charge in [0.05, 0.1) is 0 Å². The molecule has 0 saturated heterocycles. The number of benzene rings is 1. The molecule has 0 unspecified atom stereocenters. The van der Waals surface area contributed by atoms with Gasteiger partial charge in [-0.2, -0.15) is 0 Å². The summed E-state index contributed by atoms with van der Waals surface area (Å²) in [6.07, 6.45) is 33.4. The van der Waals surface area contributed by atoms with Gasteiger partial charge in [0, 0.05) is 0 Å². The van der Waals surface area contributed by atoms with Crippen molar-refractivity contribution in [1.82, 2.24) is 0 Å². The first-order valence-corrected chi connectivity index (χ1v) is 18.8.